The molecule has 0 atom stereocenters. The molecule has 0 saturated heterocycles. The number of methoxy groups -OCH3 is 1. The number of benzene rings is 2. The van der Waals surface area contributed by atoms with Gasteiger partial charge in [0.05, 0.1) is 17.7 Å². The van der Waals surface area contributed by atoms with Crippen molar-refractivity contribution in [1.82, 2.24) is 0 Å². The fourth-order valence-corrected chi connectivity index (χ4v) is 4.01. The Bertz CT molecular complexity index is 839. The molecule has 0 aliphatic carbocycles. The van der Waals surface area contributed by atoms with Gasteiger partial charge in [0.25, 0.3) is 10.0 Å². The number of nitrogens with zero attached hydrogens (tertiary/aromatic N) is 1. The van der Waals surface area contributed by atoms with Crippen LogP contribution < -0.4 is 9.04 Å². The molecule has 2 aromatic rings. The van der Waals surface area contributed by atoms with Crippen LogP contribution in [0.3, 0.4) is 0 Å². The van der Waals surface area contributed by atoms with Gasteiger partial charge in [-0.05, 0) is 36.8 Å². The zero-order chi connectivity index (χ0) is 18.4. The smallest absolute Gasteiger partial charge is 0.303 e. The van der Waals surface area contributed by atoms with Crippen LogP contribution in [0.15, 0.2) is 53.4 Å². The van der Waals surface area contributed by atoms with E-state index in [0.717, 1.165) is 4.31 Å². The molecule has 6 nitrogen and oxygen atoms in total. The standard InChI is InChI=1S/C17H18ClNO5S/c1-24-16-10-9-13(18)12-15(16)19(11-5-8-17(20)21)25(22,23)14-6-3-2-4-7-14/h2-4,6-7,9-10,12H,5,8,11H2,1H3,(H,20,21). The molecule has 0 aromatic heterocycles. The summed E-state index contributed by atoms with van der Waals surface area (Å²) in [6.45, 7) is -0.0137. The third kappa shape index (κ3) is 4.64. The average Bonchev–Trinajstić information content (AvgIpc) is 2.59. The first-order valence-electron chi connectivity index (χ1n) is 7.49. The molecule has 0 bridgehead atoms. The molecular weight excluding hydrogens is 366 g/mol. The van der Waals surface area contributed by atoms with Crippen LogP contribution >= 0.6 is 11.6 Å². The Morgan fingerprint density at radius 2 is 1.88 bits per heavy atom. The lowest BCUT2D eigenvalue weighted by Gasteiger charge is -2.26. The lowest BCUT2D eigenvalue weighted by Crippen LogP contribution is -2.32. The lowest BCUT2D eigenvalue weighted by molar-refractivity contribution is -0.137. The van der Waals surface area contributed by atoms with Crippen LogP contribution in [0.1, 0.15) is 12.8 Å². The second kappa shape index (κ2) is 8.22. The van der Waals surface area contributed by atoms with Gasteiger partial charge in [-0.2, -0.15) is 0 Å². The molecule has 8 heteroatoms. The Morgan fingerprint density at radius 3 is 2.48 bits per heavy atom. The normalized spacial score (nSPS) is 11.1. The van der Waals surface area contributed by atoms with Crippen molar-refractivity contribution in [2.75, 3.05) is 18.0 Å². The van der Waals surface area contributed by atoms with Crippen LogP contribution in [0, 0.1) is 0 Å². The van der Waals surface area contributed by atoms with Gasteiger partial charge in [0.1, 0.15) is 5.75 Å². The zero-order valence-electron chi connectivity index (χ0n) is 13.6. The van der Waals surface area contributed by atoms with Crippen LogP contribution in [0.2, 0.25) is 5.02 Å². The van der Waals surface area contributed by atoms with Gasteiger partial charge in [-0.25, -0.2) is 8.42 Å². The number of aliphatic carboxylic acids is 1. The number of anilines is 1. The van der Waals surface area contributed by atoms with E-state index in [9.17, 15) is 13.2 Å². The maximum absolute atomic E-state index is 13.1. The van der Waals surface area contributed by atoms with E-state index in [1.165, 1.54) is 25.3 Å². The van der Waals surface area contributed by atoms with Gasteiger partial charge in [-0.15, -0.1) is 0 Å². The van der Waals surface area contributed by atoms with E-state index in [4.69, 9.17) is 21.4 Å². The molecule has 2 aromatic carbocycles. The fraction of sp³-hybridized carbons (Fsp3) is 0.235. The van der Waals surface area contributed by atoms with Gasteiger partial charge >= 0.3 is 5.97 Å². The van der Waals surface area contributed by atoms with Gasteiger partial charge in [-0.3, -0.25) is 9.10 Å². The topological polar surface area (TPSA) is 83.9 Å². The van der Waals surface area contributed by atoms with Crippen LogP contribution in [0.5, 0.6) is 5.75 Å². The molecule has 0 amide bonds. The second-order valence-corrected chi connectivity index (χ2v) is 7.50. The maximum Gasteiger partial charge on any atom is 0.303 e. The van der Waals surface area contributed by atoms with E-state index >= 15 is 0 Å². The fourth-order valence-electron chi connectivity index (χ4n) is 2.32. The molecule has 134 valence electrons. The first kappa shape index (κ1) is 19.1. The molecule has 0 heterocycles. The number of carboxylic acid groups (broad SMARTS) is 1. The zero-order valence-corrected chi connectivity index (χ0v) is 15.1. The molecule has 1 N–H and O–H groups in total. The molecule has 2 rings (SSSR count). The number of halogens is 1. The van der Waals surface area contributed by atoms with E-state index < -0.39 is 16.0 Å². The molecule has 0 radical (unpaired) electrons. The second-order valence-electron chi connectivity index (χ2n) is 5.20. The summed E-state index contributed by atoms with van der Waals surface area (Å²) in [6, 6.07) is 12.6. The summed E-state index contributed by atoms with van der Waals surface area (Å²) in [4.78, 5) is 10.9. The Morgan fingerprint density at radius 1 is 1.20 bits per heavy atom. The van der Waals surface area contributed by atoms with Gasteiger partial charge in [0, 0.05) is 18.0 Å². The third-order valence-corrected chi connectivity index (χ3v) is 5.56. The molecule has 0 aliphatic rings. The maximum atomic E-state index is 13.1. The van der Waals surface area contributed by atoms with E-state index in [0.29, 0.717) is 10.8 Å². The van der Waals surface area contributed by atoms with Crippen LogP contribution in [0.4, 0.5) is 5.69 Å². The van der Waals surface area contributed by atoms with Crippen molar-refractivity contribution in [1.29, 1.82) is 0 Å². The minimum absolute atomic E-state index is 0.0137. The monoisotopic (exact) mass is 383 g/mol. The Labute approximate surface area is 151 Å². The predicted octanol–water partition coefficient (Wildman–Crippen LogP) is 3.41. The lowest BCUT2D eigenvalue weighted by atomic mass is 10.2. The Balaban J connectivity index is 2.50. The minimum Gasteiger partial charge on any atom is -0.495 e. The molecule has 0 unspecified atom stereocenters. The van der Waals surface area contributed by atoms with Crippen molar-refractivity contribution in [3.05, 3.63) is 53.6 Å². The number of hydrogen-bond donors (Lipinski definition) is 1. The highest BCUT2D eigenvalue weighted by Gasteiger charge is 2.27. The van der Waals surface area contributed by atoms with Crippen molar-refractivity contribution in [3.8, 4) is 5.75 Å². The molecule has 0 spiro atoms. The van der Waals surface area contributed by atoms with E-state index in [1.54, 1.807) is 30.3 Å². The summed E-state index contributed by atoms with van der Waals surface area (Å²) in [5, 5.41) is 9.20. The van der Waals surface area contributed by atoms with Crippen LogP contribution in [-0.4, -0.2) is 33.1 Å². The molecule has 0 fully saturated rings. The minimum atomic E-state index is -3.90. The average molecular weight is 384 g/mol. The number of sulfonamides is 1. The summed E-state index contributed by atoms with van der Waals surface area (Å²) in [5.74, 6) is -0.658. The molecule has 25 heavy (non-hydrogen) atoms. The first-order valence-corrected chi connectivity index (χ1v) is 9.31. The van der Waals surface area contributed by atoms with Gasteiger partial charge in [0.15, 0.2) is 0 Å². The summed E-state index contributed by atoms with van der Waals surface area (Å²) in [6.07, 6.45) is 0.000749. The van der Waals surface area contributed by atoms with Crippen molar-refractivity contribution in [2.24, 2.45) is 0 Å². The number of carbonyl (C=O) groups is 1. The van der Waals surface area contributed by atoms with Crippen molar-refractivity contribution >= 4 is 33.3 Å². The van der Waals surface area contributed by atoms with Gasteiger partial charge in [-0.1, -0.05) is 29.8 Å². The van der Waals surface area contributed by atoms with Crippen molar-refractivity contribution < 1.29 is 23.1 Å². The number of rotatable bonds is 8. The van der Waals surface area contributed by atoms with Gasteiger partial charge < -0.3 is 9.84 Å². The summed E-state index contributed by atoms with van der Waals surface area (Å²) in [5.41, 5.74) is 0.268. The predicted molar refractivity (Wildman–Crippen MR) is 95.8 cm³/mol. The first-order chi connectivity index (χ1) is 11.9. The quantitative estimate of drug-likeness (QED) is 0.755. The Kier molecular flexibility index (Phi) is 6.27. The van der Waals surface area contributed by atoms with Crippen LogP contribution in [-0.2, 0) is 14.8 Å². The number of carboxylic acids is 1. The molecule has 0 saturated carbocycles. The highest BCUT2D eigenvalue weighted by Crippen LogP contribution is 2.35. The van der Waals surface area contributed by atoms with Crippen LogP contribution in [0.25, 0.3) is 0 Å². The highest BCUT2D eigenvalue weighted by molar-refractivity contribution is 7.92. The number of hydrogen-bond acceptors (Lipinski definition) is 4. The summed E-state index contributed by atoms with van der Waals surface area (Å²) < 4.78 is 32.5. The SMILES string of the molecule is COc1ccc(Cl)cc1N(CCCC(=O)O)S(=O)(=O)c1ccccc1. The third-order valence-electron chi connectivity index (χ3n) is 3.49. The van der Waals surface area contributed by atoms with Crippen molar-refractivity contribution in [2.45, 2.75) is 17.7 Å². The summed E-state index contributed by atoms with van der Waals surface area (Å²) in [7, 11) is -2.47. The van der Waals surface area contributed by atoms with E-state index in [2.05, 4.69) is 0 Å². The Hall–Kier alpha value is -2.25. The molecular formula is C17H18ClNO5S. The van der Waals surface area contributed by atoms with E-state index in [-0.39, 0.29) is 30.0 Å². The number of ether oxygens (including phenoxy) is 1. The van der Waals surface area contributed by atoms with Crippen molar-refractivity contribution in [3.63, 3.8) is 0 Å². The largest absolute Gasteiger partial charge is 0.495 e. The molecule has 0 aliphatic heterocycles. The summed E-state index contributed by atoms with van der Waals surface area (Å²) >= 11 is 6.03. The van der Waals surface area contributed by atoms with E-state index in [1.807, 2.05) is 0 Å². The highest BCUT2D eigenvalue weighted by atomic mass is 35.5. The van der Waals surface area contributed by atoms with Gasteiger partial charge in [0.2, 0.25) is 0 Å².